The van der Waals surface area contributed by atoms with Crippen LogP contribution in [0, 0.1) is 5.41 Å². The molecule has 0 heterocycles. The van der Waals surface area contributed by atoms with Gasteiger partial charge in [-0.3, -0.25) is 0 Å². The molecule has 0 aromatic heterocycles. The summed E-state index contributed by atoms with van der Waals surface area (Å²) in [6.07, 6.45) is 6.36. The van der Waals surface area contributed by atoms with E-state index in [0.29, 0.717) is 6.61 Å². The number of unbranched alkanes of at least 4 members (excludes halogenated alkanes) is 1. The van der Waals surface area contributed by atoms with Crippen LogP contribution in [0.3, 0.4) is 0 Å². The SMILES string of the molecule is C=COCCCCC1(C)C=CC(OC(N)=O)=CC1OC(N)=O. The van der Waals surface area contributed by atoms with Crippen molar-refractivity contribution in [3.05, 3.63) is 36.8 Å². The number of hydrogen-bond acceptors (Lipinski definition) is 5. The van der Waals surface area contributed by atoms with Gasteiger partial charge in [-0.05, 0) is 31.4 Å². The minimum Gasteiger partial charge on any atom is -0.502 e. The molecule has 122 valence electrons. The third-order valence-corrected chi connectivity index (χ3v) is 3.40. The van der Waals surface area contributed by atoms with E-state index >= 15 is 0 Å². The fraction of sp³-hybridized carbons (Fsp3) is 0.467. The summed E-state index contributed by atoms with van der Waals surface area (Å²) in [7, 11) is 0. The van der Waals surface area contributed by atoms with E-state index in [0.717, 1.165) is 19.3 Å². The first kappa shape index (κ1) is 17.6. The Morgan fingerprint density at radius 1 is 1.36 bits per heavy atom. The highest BCUT2D eigenvalue weighted by molar-refractivity contribution is 5.67. The fourth-order valence-electron chi connectivity index (χ4n) is 2.24. The summed E-state index contributed by atoms with van der Waals surface area (Å²) in [5, 5.41) is 0. The van der Waals surface area contributed by atoms with Crippen LogP contribution in [0.15, 0.2) is 36.8 Å². The molecule has 2 amide bonds. The van der Waals surface area contributed by atoms with Crippen molar-refractivity contribution in [3.8, 4) is 0 Å². The van der Waals surface area contributed by atoms with Gasteiger partial charge in [0.25, 0.3) is 0 Å². The maximum Gasteiger partial charge on any atom is 0.409 e. The molecule has 4 N–H and O–H groups in total. The molecule has 0 aromatic carbocycles. The third-order valence-electron chi connectivity index (χ3n) is 3.40. The van der Waals surface area contributed by atoms with E-state index in [1.807, 2.05) is 13.0 Å². The second-order valence-corrected chi connectivity index (χ2v) is 5.18. The molecule has 1 aliphatic rings. The van der Waals surface area contributed by atoms with Crippen molar-refractivity contribution in [1.29, 1.82) is 0 Å². The van der Waals surface area contributed by atoms with Crippen LogP contribution in [0.1, 0.15) is 26.2 Å². The maximum atomic E-state index is 11.1. The van der Waals surface area contributed by atoms with E-state index in [9.17, 15) is 9.59 Å². The highest BCUT2D eigenvalue weighted by atomic mass is 16.6. The normalized spacial score (nSPS) is 23.3. The lowest BCUT2D eigenvalue weighted by Gasteiger charge is -2.35. The minimum atomic E-state index is -0.932. The zero-order valence-electron chi connectivity index (χ0n) is 12.6. The molecule has 0 spiro atoms. The van der Waals surface area contributed by atoms with E-state index < -0.39 is 23.7 Å². The number of ether oxygens (including phenoxy) is 3. The van der Waals surface area contributed by atoms with Crippen LogP contribution < -0.4 is 11.5 Å². The zero-order valence-corrected chi connectivity index (χ0v) is 12.6. The third kappa shape index (κ3) is 5.51. The smallest absolute Gasteiger partial charge is 0.409 e. The van der Waals surface area contributed by atoms with E-state index in [2.05, 4.69) is 6.58 Å². The van der Waals surface area contributed by atoms with Gasteiger partial charge in [-0.25, -0.2) is 9.59 Å². The van der Waals surface area contributed by atoms with Crippen molar-refractivity contribution in [1.82, 2.24) is 0 Å². The lowest BCUT2D eigenvalue weighted by atomic mass is 9.76. The summed E-state index contributed by atoms with van der Waals surface area (Å²) in [4.78, 5) is 21.9. The van der Waals surface area contributed by atoms with Gasteiger partial charge in [0.1, 0.15) is 11.9 Å². The lowest BCUT2D eigenvalue weighted by molar-refractivity contribution is 0.0621. The Kier molecular flexibility index (Phi) is 6.49. The van der Waals surface area contributed by atoms with Crippen LogP contribution in [-0.2, 0) is 14.2 Å². The summed E-state index contributed by atoms with van der Waals surface area (Å²) in [5.74, 6) is 0.228. The van der Waals surface area contributed by atoms with Crippen molar-refractivity contribution >= 4 is 12.2 Å². The van der Waals surface area contributed by atoms with Gasteiger partial charge in [0.15, 0.2) is 0 Å². The standard InChI is InChI=1S/C15H22N2O5/c1-3-20-9-5-4-7-15(2)8-6-11(21-13(16)18)10-12(15)22-14(17)19/h3,6,8,10,12H,1,4-5,7,9H2,2H3,(H2,16,18)(H2,17,19). The van der Waals surface area contributed by atoms with Crippen LogP contribution in [0.5, 0.6) is 0 Å². The molecule has 7 nitrogen and oxygen atoms in total. The molecule has 0 aliphatic heterocycles. The Labute approximate surface area is 129 Å². The zero-order chi connectivity index (χ0) is 16.6. The number of primary amides is 2. The van der Waals surface area contributed by atoms with E-state index in [1.165, 1.54) is 12.3 Å². The molecule has 7 heteroatoms. The molecular formula is C15H22N2O5. The quantitative estimate of drug-likeness (QED) is 0.527. The van der Waals surface area contributed by atoms with Gasteiger partial charge >= 0.3 is 12.2 Å². The van der Waals surface area contributed by atoms with Gasteiger partial charge in [-0.1, -0.05) is 19.6 Å². The van der Waals surface area contributed by atoms with Gasteiger partial charge < -0.3 is 25.7 Å². The average molecular weight is 310 g/mol. The molecule has 1 aliphatic carbocycles. The molecular weight excluding hydrogens is 288 g/mol. The summed E-state index contributed by atoms with van der Waals surface area (Å²) in [6.45, 7) is 5.99. The number of hydrogen-bond donors (Lipinski definition) is 2. The molecule has 0 fully saturated rings. The molecule has 0 radical (unpaired) electrons. The second-order valence-electron chi connectivity index (χ2n) is 5.18. The van der Waals surface area contributed by atoms with Gasteiger partial charge in [0.05, 0.1) is 12.9 Å². The van der Waals surface area contributed by atoms with Crippen LogP contribution in [-0.4, -0.2) is 24.9 Å². The average Bonchev–Trinajstić information content (AvgIpc) is 2.42. The lowest BCUT2D eigenvalue weighted by Crippen LogP contribution is -2.37. The van der Waals surface area contributed by atoms with Gasteiger partial charge in [0, 0.05) is 5.41 Å². The van der Waals surface area contributed by atoms with Crippen molar-refractivity contribution < 1.29 is 23.8 Å². The van der Waals surface area contributed by atoms with Gasteiger partial charge in [0.2, 0.25) is 0 Å². The summed E-state index contributed by atoms with van der Waals surface area (Å²) in [5.41, 5.74) is 9.63. The van der Waals surface area contributed by atoms with Gasteiger partial charge in [-0.2, -0.15) is 0 Å². The Balaban J connectivity index is 2.72. The monoisotopic (exact) mass is 310 g/mol. The van der Waals surface area contributed by atoms with Crippen molar-refractivity contribution in [2.24, 2.45) is 16.9 Å². The molecule has 22 heavy (non-hydrogen) atoms. The summed E-state index contributed by atoms with van der Waals surface area (Å²) in [6, 6.07) is 0. The Morgan fingerprint density at radius 3 is 2.68 bits per heavy atom. The number of carbonyl (C=O) groups excluding carboxylic acids is 2. The number of amides is 2. The predicted octanol–water partition coefficient (Wildman–Crippen LogP) is 2.34. The van der Waals surface area contributed by atoms with Crippen molar-refractivity contribution in [3.63, 3.8) is 0 Å². The number of rotatable bonds is 8. The molecule has 0 saturated heterocycles. The van der Waals surface area contributed by atoms with E-state index in [4.69, 9.17) is 25.7 Å². The van der Waals surface area contributed by atoms with Crippen molar-refractivity contribution in [2.45, 2.75) is 32.3 Å². The predicted molar refractivity (Wildman–Crippen MR) is 80.5 cm³/mol. The second kappa shape index (κ2) is 8.11. The minimum absolute atomic E-state index is 0.228. The first-order valence-electron chi connectivity index (χ1n) is 6.94. The topological polar surface area (TPSA) is 114 Å². The Bertz CT molecular complexity index is 486. The Morgan fingerprint density at radius 2 is 2.09 bits per heavy atom. The summed E-state index contributed by atoms with van der Waals surface area (Å²) < 4.78 is 15.0. The summed E-state index contributed by atoms with van der Waals surface area (Å²) >= 11 is 0. The highest BCUT2D eigenvalue weighted by Gasteiger charge is 2.36. The van der Waals surface area contributed by atoms with Crippen molar-refractivity contribution in [2.75, 3.05) is 6.61 Å². The largest absolute Gasteiger partial charge is 0.502 e. The first-order valence-corrected chi connectivity index (χ1v) is 6.94. The number of carbonyl (C=O) groups is 2. The molecule has 2 atom stereocenters. The molecule has 1 rings (SSSR count). The van der Waals surface area contributed by atoms with Crippen LogP contribution in [0.2, 0.25) is 0 Å². The van der Waals surface area contributed by atoms with Crippen LogP contribution >= 0.6 is 0 Å². The molecule has 2 unspecified atom stereocenters. The van der Waals surface area contributed by atoms with Crippen LogP contribution in [0.4, 0.5) is 9.59 Å². The molecule has 0 saturated carbocycles. The van der Waals surface area contributed by atoms with E-state index in [1.54, 1.807) is 6.08 Å². The van der Waals surface area contributed by atoms with Crippen LogP contribution in [0.25, 0.3) is 0 Å². The maximum absolute atomic E-state index is 11.1. The van der Waals surface area contributed by atoms with Gasteiger partial charge in [-0.15, -0.1) is 0 Å². The highest BCUT2D eigenvalue weighted by Crippen LogP contribution is 2.37. The molecule has 0 aromatic rings. The number of allylic oxidation sites excluding steroid dienone is 1. The molecule has 0 bridgehead atoms. The fourth-order valence-corrected chi connectivity index (χ4v) is 2.24. The first-order chi connectivity index (χ1) is 10.4. The Hall–Kier alpha value is -2.44. The number of nitrogens with two attached hydrogens (primary N) is 2. The van der Waals surface area contributed by atoms with E-state index in [-0.39, 0.29) is 5.76 Å².